The average molecular weight is 446 g/mol. The molecule has 2 amide bonds. The lowest BCUT2D eigenvalue weighted by molar-refractivity contribution is -0.136. The van der Waals surface area contributed by atoms with E-state index in [-0.39, 0.29) is 16.8 Å². The minimum Gasteiger partial charge on any atom is -0.380 e. The molecule has 166 valence electrons. The van der Waals surface area contributed by atoms with Crippen molar-refractivity contribution in [2.45, 2.75) is 12.8 Å². The predicted octanol–water partition coefficient (Wildman–Crippen LogP) is 5.50. The highest BCUT2D eigenvalue weighted by Crippen LogP contribution is 2.37. The van der Waals surface area contributed by atoms with E-state index in [0.717, 1.165) is 17.7 Å². The molecule has 0 aromatic heterocycles. The summed E-state index contributed by atoms with van der Waals surface area (Å²) in [6.45, 7) is 0.334. The number of methoxy groups -OCH3 is 1. The van der Waals surface area contributed by atoms with Gasteiger partial charge in [-0.15, -0.1) is 0 Å². The first-order chi connectivity index (χ1) is 15.2. The number of amides is 2. The van der Waals surface area contributed by atoms with Crippen LogP contribution >= 0.6 is 0 Å². The molecular formula is C23H18F4N2O3. The number of anilines is 2. The van der Waals surface area contributed by atoms with E-state index in [4.69, 9.17) is 4.74 Å². The molecule has 0 aliphatic rings. The molecule has 5 nitrogen and oxygen atoms in total. The van der Waals surface area contributed by atoms with Crippen LogP contribution in [0.25, 0.3) is 0 Å². The van der Waals surface area contributed by atoms with Gasteiger partial charge in [0.05, 0.1) is 23.4 Å². The fourth-order valence-electron chi connectivity index (χ4n) is 2.92. The maximum atomic E-state index is 13.8. The number of halogens is 4. The largest absolute Gasteiger partial charge is 0.418 e. The third-order valence-corrected chi connectivity index (χ3v) is 4.48. The molecule has 0 saturated heterocycles. The van der Waals surface area contributed by atoms with Gasteiger partial charge in [-0.2, -0.15) is 13.2 Å². The van der Waals surface area contributed by atoms with Crippen LogP contribution in [0.15, 0.2) is 66.7 Å². The van der Waals surface area contributed by atoms with Gasteiger partial charge in [-0.3, -0.25) is 9.59 Å². The average Bonchev–Trinajstić information content (AvgIpc) is 2.75. The number of carbonyl (C=O) groups is 2. The summed E-state index contributed by atoms with van der Waals surface area (Å²) >= 11 is 0. The van der Waals surface area contributed by atoms with Gasteiger partial charge in [0.15, 0.2) is 0 Å². The minimum absolute atomic E-state index is 0.162. The SMILES string of the molecule is COCc1ccc(C(=O)Nc2ccc(NC(=O)c3ccccc3F)cc2C(F)(F)F)cc1. The highest BCUT2D eigenvalue weighted by molar-refractivity contribution is 6.06. The lowest BCUT2D eigenvalue weighted by atomic mass is 10.1. The van der Waals surface area contributed by atoms with Gasteiger partial charge in [-0.1, -0.05) is 24.3 Å². The fourth-order valence-corrected chi connectivity index (χ4v) is 2.92. The third-order valence-electron chi connectivity index (χ3n) is 4.48. The minimum atomic E-state index is -4.82. The summed E-state index contributed by atoms with van der Waals surface area (Å²) in [5.41, 5.74) is -1.19. The number of hydrogen-bond donors (Lipinski definition) is 2. The Balaban J connectivity index is 1.83. The number of benzene rings is 3. The van der Waals surface area contributed by atoms with E-state index in [1.807, 2.05) is 0 Å². The summed E-state index contributed by atoms with van der Waals surface area (Å²) in [6.07, 6.45) is -4.82. The maximum Gasteiger partial charge on any atom is 0.418 e. The molecule has 32 heavy (non-hydrogen) atoms. The maximum absolute atomic E-state index is 13.8. The quantitative estimate of drug-likeness (QED) is 0.492. The van der Waals surface area contributed by atoms with E-state index in [1.54, 1.807) is 12.1 Å². The van der Waals surface area contributed by atoms with Crippen molar-refractivity contribution in [3.63, 3.8) is 0 Å². The molecule has 0 heterocycles. The van der Waals surface area contributed by atoms with Gasteiger partial charge in [0, 0.05) is 18.4 Å². The second kappa shape index (κ2) is 9.61. The number of nitrogens with one attached hydrogen (secondary N) is 2. The van der Waals surface area contributed by atoms with Crippen LogP contribution in [0.4, 0.5) is 28.9 Å². The number of rotatable bonds is 6. The van der Waals surface area contributed by atoms with Crippen molar-refractivity contribution in [1.29, 1.82) is 0 Å². The summed E-state index contributed by atoms with van der Waals surface area (Å²) < 4.78 is 59.5. The van der Waals surface area contributed by atoms with Crippen LogP contribution in [-0.2, 0) is 17.5 Å². The summed E-state index contributed by atoms with van der Waals surface area (Å²) in [4.78, 5) is 24.6. The summed E-state index contributed by atoms with van der Waals surface area (Å²) in [6, 6.07) is 14.2. The molecule has 0 aliphatic carbocycles. The van der Waals surface area contributed by atoms with E-state index in [0.29, 0.717) is 12.7 Å². The van der Waals surface area contributed by atoms with Crippen molar-refractivity contribution in [2.75, 3.05) is 17.7 Å². The van der Waals surface area contributed by atoms with Gasteiger partial charge in [0.1, 0.15) is 5.82 Å². The Kier molecular flexibility index (Phi) is 6.89. The zero-order chi connectivity index (χ0) is 23.3. The van der Waals surface area contributed by atoms with Crippen LogP contribution in [0.1, 0.15) is 31.8 Å². The Morgan fingerprint density at radius 1 is 0.906 bits per heavy atom. The lowest BCUT2D eigenvalue weighted by Crippen LogP contribution is -2.18. The molecule has 0 radical (unpaired) electrons. The van der Waals surface area contributed by atoms with E-state index in [1.165, 1.54) is 43.5 Å². The van der Waals surface area contributed by atoms with Gasteiger partial charge in [0.25, 0.3) is 11.8 Å². The summed E-state index contributed by atoms with van der Waals surface area (Å²) in [5, 5.41) is 4.48. The predicted molar refractivity (Wildman–Crippen MR) is 111 cm³/mol. The summed E-state index contributed by atoms with van der Waals surface area (Å²) in [7, 11) is 1.52. The zero-order valence-corrected chi connectivity index (χ0v) is 16.8. The zero-order valence-electron chi connectivity index (χ0n) is 16.8. The molecule has 3 rings (SSSR count). The van der Waals surface area contributed by atoms with Crippen molar-refractivity contribution < 1.29 is 31.9 Å². The van der Waals surface area contributed by atoms with Gasteiger partial charge in [-0.05, 0) is 48.0 Å². The van der Waals surface area contributed by atoms with Crippen molar-refractivity contribution >= 4 is 23.2 Å². The van der Waals surface area contributed by atoms with Gasteiger partial charge in [0.2, 0.25) is 0 Å². The Morgan fingerprint density at radius 2 is 1.59 bits per heavy atom. The van der Waals surface area contributed by atoms with Crippen LogP contribution in [0.3, 0.4) is 0 Å². The van der Waals surface area contributed by atoms with Gasteiger partial charge >= 0.3 is 6.18 Å². The molecule has 0 unspecified atom stereocenters. The van der Waals surface area contributed by atoms with E-state index in [9.17, 15) is 27.2 Å². The van der Waals surface area contributed by atoms with Crippen molar-refractivity contribution in [1.82, 2.24) is 0 Å². The van der Waals surface area contributed by atoms with Gasteiger partial charge < -0.3 is 15.4 Å². The molecule has 2 N–H and O–H groups in total. The van der Waals surface area contributed by atoms with Crippen molar-refractivity contribution in [2.24, 2.45) is 0 Å². The lowest BCUT2D eigenvalue weighted by Gasteiger charge is -2.16. The van der Waals surface area contributed by atoms with Crippen LogP contribution in [0.5, 0.6) is 0 Å². The Bertz CT molecular complexity index is 1130. The molecule has 0 bridgehead atoms. The number of carbonyl (C=O) groups excluding carboxylic acids is 2. The fraction of sp³-hybridized carbons (Fsp3) is 0.130. The highest BCUT2D eigenvalue weighted by atomic mass is 19.4. The van der Waals surface area contributed by atoms with Crippen LogP contribution in [-0.4, -0.2) is 18.9 Å². The molecule has 9 heteroatoms. The third kappa shape index (κ3) is 5.50. The standard InChI is InChI=1S/C23H18F4N2O3/c1-32-13-14-6-8-15(9-7-14)21(30)29-20-11-10-16(12-18(20)23(25,26)27)28-22(31)17-4-2-3-5-19(17)24/h2-12H,13H2,1H3,(H,28,31)(H,29,30). The smallest absolute Gasteiger partial charge is 0.380 e. The second-order valence-corrected chi connectivity index (χ2v) is 6.78. The molecule has 3 aromatic carbocycles. The number of hydrogen-bond acceptors (Lipinski definition) is 3. The molecule has 0 saturated carbocycles. The number of alkyl halides is 3. The monoisotopic (exact) mass is 446 g/mol. The first kappa shape index (κ1) is 23.0. The second-order valence-electron chi connectivity index (χ2n) is 6.78. The van der Waals surface area contributed by atoms with Crippen molar-refractivity contribution in [3.05, 3.63) is 94.8 Å². The Morgan fingerprint density at radius 3 is 2.22 bits per heavy atom. The van der Waals surface area contributed by atoms with Gasteiger partial charge in [-0.25, -0.2) is 4.39 Å². The first-order valence-electron chi connectivity index (χ1n) is 9.35. The van der Waals surface area contributed by atoms with E-state index < -0.39 is 35.1 Å². The van der Waals surface area contributed by atoms with Crippen LogP contribution in [0, 0.1) is 5.82 Å². The topological polar surface area (TPSA) is 67.4 Å². The van der Waals surface area contributed by atoms with Crippen LogP contribution in [0.2, 0.25) is 0 Å². The van der Waals surface area contributed by atoms with Crippen LogP contribution < -0.4 is 10.6 Å². The Labute approximate surface area is 181 Å². The highest BCUT2D eigenvalue weighted by Gasteiger charge is 2.34. The molecular weight excluding hydrogens is 428 g/mol. The molecule has 0 aliphatic heterocycles. The van der Waals surface area contributed by atoms with Crippen molar-refractivity contribution in [3.8, 4) is 0 Å². The number of ether oxygens (including phenoxy) is 1. The Hall–Kier alpha value is -3.72. The molecule has 0 spiro atoms. The van der Waals surface area contributed by atoms with E-state index in [2.05, 4.69) is 10.6 Å². The van der Waals surface area contributed by atoms with E-state index >= 15 is 0 Å². The molecule has 0 fully saturated rings. The normalized spacial score (nSPS) is 11.2. The summed E-state index contributed by atoms with van der Waals surface area (Å²) in [5.74, 6) is -2.44. The molecule has 0 atom stereocenters. The first-order valence-corrected chi connectivity index (χ1v) is 9.35. The molecule has 3 aromatic rings.